The first kappa shape index (κ1) is 23.3. The average molecular weight is 586 g/mol. The Kier molecular flexibility index (Phi) is 6.46. The number of alkyl halides is 2. The number of carbonyl (C=O) groups excluding carboxylic acids is 2. The zero-order valence-corrected chi connectivity index (χ0v) is 20.9. The molecule has 35 heavy (non-hydrogen) atoms. The van der Waals surface area contributed by atoms with Crippen LogP contribution in [0.25, 0.3) is 3.58 Å². The van der Waals surface area contributed by atoms with E-state index in [1.54, 1.807) is 31.4 Å². The van der Waals surface area contributed by atoms with E-state index in [-0.39, 0.29) is 24.1 Å². The second kappa shape index (κ2) is 9.69. The summed E-state index contributed by atoms with van der Waals surface area (Å²) < 4.78 is 38.4. The first-order chi connectivity index (χ1) is 17.0. The number of methoxy groups -OCH3 is 1. The summed E-state index contributed by atoms with van der Waals surface area (Å²) in [4.78, 5) is 26.4. The van der Waals surface area contributed by atoms with Crippen molar-refractivity contribution in [1.29, 1.82) is 0 Å². The van der Waals surface area contributed by atoms with Gasteiger partial charge in [-0.15, -0.1) is 0 Å². The topological polar surface area (TPSA) is 59.0 Å². The van der Waals surface area contributed by atoms with E-state index >= 15 is 0 Å². The molecule has 0 aliphatic carbocycles. The van der Waals surface area contributed by atoms with Gasteiger partial charge in [-0.1, -0.05) is 0 Å². The van der Waals surface area contributed by atoms with E-state index in [9.17, 15) is 18.4 Å². The minimum atomic E-state index is -2.62. The predicted octanol–water partition coefficient (Wildman–Crippen LogP) is 5.89. The van der Waals surface area contributed by atoms with Crippen LogP contribution in [0.3, 0.4) is 0 Å². The van der Waals surface area contributed by atoms with E-state index in [2.05, 4.69) is 3.21 Å². The van der Waals surface area contributed by atoms with Gasteiger partial charge in [0.25, 0.3) is 0 Å². The van der Waals surface area contributed by atoms with Gasteiger partial charge < -0.3 is 0 Å². The summed E-state index contributed by atoms with van der Waals surface area (Å²) in [5, 5.41) is 0. The Labute approximate surface area is 208 Å². The van der Waals surface area contributed by atoms with Crippen molar-refractivity contribution in [1.82, 2.24) is 4.90 Å². The molecule has 8 heteroatoms. The van der Waals surface area contributed by atoms with E-state index in [1.165, 1.54) is 11.0 Å². The van der Waals surface area contributed by atoms with Crippen molar-refractivity contribution in [2.24, 2.45) is 3.21 Å². The van der Waals surface area contributed by atoms with Crippen molar-refractivity contribution in [3.8, 4) is 5.75 Å². The third-order valence-electron chi connectivity index (χ3n) is 5.86. The van der Waals surface area contributed by atoms with Crippen molar-refractivity contribution in [2.45, 2.75) is 12.8 Å². The summed E-state index contributed by atoms with van der Waals surface area (Å²) >= 11 is -2.43. The fourth-order valence-electron chi connectivity index (χ4n) is 4.01. The number of hydrogen-bond acceptors (Lipinski definition) is 4. The van der Waals surface area contributed by atoms with Crippen LogP contribution in [-0.4, -0.2) is 42.5 Å². The summed E-state index contributed by atoms with van der Waals surface area (Å²) in [6.45, 7) is 0.275. The number of fused-ring (bicyclic) bond motifs is 1. The van der Waals surface area contributed by atoms with Crippen LogP contribution in [0.5, 0.6) is 5.75 Å². The number of allylic oxidation sites excluding steroid dienone is 1. The molecule has 0 saturated carbocycles. The van der Waals surface area contributed by atoms with Gasteiger partial charge in [-0.2, -0.15) is 0 Å². The number of benzene rings is 3. The molecule has 0 aromatic heterocycles. The molecule has 0 N–H and O–H groups in total. The number of carbonyl (C=O) groups is 2. The van der Waals surface area contributed by atoms with Gasteiger partial charge >= 0.3 is 209 Å². The molecule has 3 aromatic carbocycles. The fraction of sp³-hybridized carbons (Fsp3) is 0.148. The average Bonchev–Trinajstić information content (AvgIpc) is 3.44. The number of imide groups is 1. The van der Waals surface area contributed by atoms with E-state index in [0.29, 0.717) is 23.3 Å². The predicted molar refractivity (Wildman–Crippen MR) is 139 cm³/mol. The number of hydrogen-bond donors (Lipinski definition) is 0. The van der Waals surface area contributed by atoms with Gasteiger partial charge in [0.15, 0.2) is 0 Å². The van der Waals surface area contributed by atoms with Crippen LogP contribution in [0.1, 0.15) is 31.8 Å². The summed E-state index contributed by atoms with van der Waals surface area (Å²) in [6, 6.07) is 21.9. The molecule has 0 atom stereocenters. The Hall–Kier alpha value is -3.40. The maximum atomic E-state index is 13.5. The molecule has 2 heterocycles. The second-order valence-corrected chi connectivity index (χ2v) is 12.4. The first-order valence-corrected chi connectivity index (χ1v) is 14.1. The van der Waals surface area contributed by atoms with Gasteiger partial charge in [-0.3, -0.25) is 0 Å². The third kappa shape index (κ3) is 4.50. The third-order valence-corrected chi connectivity index (χ3v) is 10.8. The monoisotopic (exact) mass is 586 g/mol. The van der Waals surface area contributed by atoms with Gasteiger partial charge in [0.1, 0.15) is 0 Å². The van der Waals surface area contributed by atoms with Crippen LogP contribution in [-0.2, 0) is 6.42 Å². The van der Waals surface area contributed by atoms with Gasteiger partial charge in [0.05, 0.1) is 0 Å². The summed E-state index contributed by atoms with van der Waals surface area (Å²) in [7, 11) is 1.58. The van der Waals surface area contributed by atoms with Gasteiger partial charge in [-0.25, -0.2) is 0 Å². The zero-order valence-electron chi connectivity index (χ0n) is 18.8. The van der Waals surface area contributed by atoms with Crippen molar-refractivity contribution in [2.75, 3.05) is 13.7 Å². The SMILES string of the molecule is COc1ccc(I2N=C(C(F)F)C=C2c2ccc(CCN3C(=O)c4ccccc4C3=O)cc2)cc1. The molecule has 5 nitrogen and oxygen atoms in total. The van der Waals surface area contributed by atoms with Crippen LogP contribution in [0.2, 0.25) is 0 Å². The second-order valence-electron chi connectivity index (χ2n) is 7.98. The van der Waals surface area contributed by atoms with Crippen molar-refractivity contribution in [3.63, 3.8) is 0 Å². The molecule has 0 saturated heterocycles. The van der Waals surface area contributed by atoms with Crippen molar-refractivity contribution >= 4 is 41.2 Å². The molecule has 0 bridgehead atoms. The molecule has 0 radical (unpaired) electrons. The molecule has 5 rings (SSSR count). The zero-order chi connectivity index (χ0) is 24.5. The molecule has 2 aliphatic heterocycles. The number of amides is 2. The molecular weight excluding hydrogens is 565 g/mol. The Morgan fingerprint density at radius 2 is 1.54 bits per heavy atom. The number of halogens is 3. The molecule has 0 unspecified atom stereocenters. The van der Waals surface area contributed by atoms with Gasteiger partial charge in [0, 0.05) is 0 Å². The Bertz CT molecular complexity index is 1320. The van der Waals surface area contributed by atoms with Crippen LogP contribution in [0.15, 0.2) is 82.1 Å². The molecular formula is C27H21F2IN2O3. The standard InChI is InChI=1S/C27H21F2IN2O3/c1-35-20-12-10-19(11-13-20)30-23(16-24(31-30)25(28)29)18-8-6-17(7-9-18)14-15-32-26(33)21-4-2-3-5-22(21)27(32)34/h2-13,16,25H,14-15H2,1H3. The number of rotatable bonds is 7. The Morgan fingerprint density at radius 1 is 0.914 bits per heavy atom. The fourth-order valence-corrected chi connectivity index (χ4v) is 8.73. The van der Waals surface area contributed by atoms with E-state index < -0.39 is 26.5 Å². The molecule has 2 amide bonds. The van der Waals surface area contributed by atoms with Crippen molar-refractivity contribution < 1.29 is 23.1 Å². The van der Waals surface area contributed by atoms with Crippen LogP contribution in [0, 0.1) is 3.57 Å². The quantitative estimate of drug-likeness (QED) is 0.257. The minimum absolute atomic E-state index is 0.171. The Balaban J connectivity index is 1.32. The normalized spacial score (nSPS) is 16.0. The molecule has 0 fully saturated rings. The molecule has 3 aromatic rings. The van der Waals surface area contributed by atoms with Crippen LogP contribution in [0.4, 0.5) is 8.78 Å². The molecule has 178 valence electrons. The number of nitrogens with zero attached hydrogens (tertiary/aromatic N) is 2. The Morgan fingerprint density at radius 3 is 2.11 bits per heavy atom. The molecule has 2 aliphatic rings. The maximum absolute atomic E-state index is 13.5. The van der Waals surface area contributed by atoms with Crippen LogP contribution < -0.4 is 4.74 Å². The van der Waals surface area contributed by atoms with Crippen molar-refractivity contribution in [3.05, 3.63) is 105 Å². The van der Waals surface area contributed by atoms with Crippen LogP contribution >= 0.6 is 20.1 Å². The number of ether oxygens (including phenoxy) is 1. The van der Waals surface area contributed by atoms with E-state index in [0.717, 1.165) is 18.3 Å². The summed E-state index contributed by atoms with van der Waals surface area (Å²) in [6.07, 6.45) is -0.595. The van der Waals surface area contributed by atoms with E-state index in [4.69, 9.17) is 4.74 Å². The summed E-state index contributed by atoms with van der Waals surface area (Å²) in [5.74, 6) is 0.156. The first-order valence-electron chi connectivity index (χ1n) is 10.9. The molecule has 0 spiro atoms. The van der Waals surface area contributed by atoms with Gasteiger partial charge in [-0.05, 0) is 0 Å². The van der Waals surface area contributed by atoms with E-state index in [1.807, 2.05) is 48.5 Å². The van der Waals surface area contributed by atoms with Gasteiger partial charge in [0.2, 0.25) is 0 Å². The summed E-state index contributed by atoms with van der Waals surface area (Å²) in [5.41, 5.74) is 2.51.